The van der Waals surface area contributed by atoms with Gasteiger partial charge in [-0.2, -0.15) is 0 Å². The number of aromatic hydroxyl groups is 1. The molecular weight excluding hydrogens is 370 g/mol. The predicted molar refractivity (Wildman–Crippen MR) is 120 cm³/mol. The van der Waals surface area contributed by atoms with Crippen LogP contribution in [0.4, 0.5) is 0 Å². The molecule has 0 heterocycles. The van der Waals surface area contributed by atoms with E-state index >= 15 is 0 Å². The number of amides is 1. The number of carbonyl (C=O) groups excluding carboxylic acids is 1. The monoisotopic (exact) mass is 409 g/mol. The molecule has 4 saturated carbocycles. The summed E-state index contributed by atoms with van der Waals surface area (Å²) in [5.74, 6) is 3.05. The Labute approximate surface area is 182 Å². The molecular formula is C27H39NO2. The second-order valence-corrected chi connectivity index (χ2v) is 12.2. The van der Waals surface area contributed by atoms with Crippen LogP contribution < -0.4 is 5.32 Å². The summed E-state index contributed by atoms with van der Waals surface area (Å²) in [5, 5.41) is 13.7. The zero-order valence-corrected chi connectivity index (χ0v) is 19.4. The molecule has 7 atom stereocenters. The average Bonchev–Trinajstić information content (AvgIpc) is 2.69. The van der Waals surface area contributed by atoms with Gasteiger partial charge >= 0.3 is 0 Å². The Morgan fingerprint density at radius 1 is 1.13 bits per heavy atom. The Morgan fingerprint density at radius 3 is 2.60 bits per heavy atom. The van der Waals surface area contributed by atoms with Gasteiger partial charge in [0.2, 0.25) is 5.91 Å². The molecule has 1 aromatic carbocycles. The Morgan fingerprint density at radius 2 is 1.90 bits per heavy atom. The summed E-state index contributed by atoms with van der Waals surface area (Å²) >= 11 is 0. The van der Waals surface area contributed by atoms with E-state index in [1.807, 2.05) is 12.1 Å². The van der Waals surface area contributed by atoms with Gasteiger partial charge in [0.15, 0.2) is 0 Å². The highest BCUT2D eigenvalue weighted by atomic mass is 16.3. The lowest BCUT2D eigenvalue weighted by Gasteiger charge is -2.62. The van der Waals surface area contributed by atoms with Gasteiger partial charge in [-0.25, -0.2) is 0 Å². The molecule has 5 aliphatic rings. The van der Waals surface area contributed by atoms with Crippen molar-refractivity contribution in [2.75, 3.05) is 0 Å². The number of phenols is 1. The van der Waals surface area contributed by atoms with Gasteiger partial charge in [-0.05, 0) is 96.3 Å². The zero-order valence-electron chi connectivity index (χ0n) is 19.4. The highest BCUT2D eigenvalue weighted by Gasteiger charge is 2.58. The molecule has 0 spiro atoms. The molecule has 3 heteroatoms. The maximum Gasteiger partial charge on any atom is 0.226 e. The van der Waals surface area contributed by atoms with Crippen molar-refractivity contribution >= 4 is 5.91 Å². The quantitative estimate of drug-likeness (QED) is 0.669. The summed E-state index contributed by atoms with van der Waals surface area (Å²) in [5.41, 5.74) is 2.74. The largest absolute Gasteiger partial charge is 0.508 e. The summed E-state index contributed by atoms with van der Waals surface area (Å²) in [7, 11) is 0. The number of fused-ring (bicyclic) bond motifs is 5. The highest BCUT2D eigenvalue weighted by Crippen LogP contribution is 2.62. The molecule has 164 valence electrons. The summed E-state index contributed by atoms with van der Waals surface area (Å²) in [6.07, 6.45) is 7.73. The van der Waals surface area contributed by atoms with Crippen molar-refractivity contribution in [1.29, 1.82) is 0 Å². The third kappa shape index (κ3) is 2.66. The van der Waals surface area contributed by atoms with Gasteiger partial charge in [0, 0.05) is 6.04 Å². The number of carbonyl (C=O) groups is 1. The molecule has 5 aliphatic carbocycles. The third-order valence-electron chi connectivity index (χ3n) is 10.5. The Kier molecular flexibility index (Phi) is 4.42. The van der Waals surface area contributed by atoms with Crippen LogP contribution in [-0.4, -0.2) is 17.1 Å². The first kappa shape index (κ1) is 20.4. The summed E-state index contributed by atoms with van der Waals surface area (Å²) in [6, 6.07) is 6.22. The van der Waals surface area contributed by atoms with Crippen LogP contribution >= 0.6 is 0 Å². The lowest BCUT2D eigenvalue weighted by Crippen LogP contribution is -2.63. The van der Waals surface area contributed by atoms with Gasteiger partial charge in [0.1, 0.15) is 5.75 Å². The first-order chi connectivity index (χ1) is 14.1. The van der Waals surface area contributed by atoms with E-state index in [1.165, 1.54) is 17.5 Å². The first-order valence-corrected chi connectivity index (χ1v) is 12.2. The highest BCUT2D eigenvalue weighted by molar-refractivity contribution is 5.83. The molecule has 30 heavy (non-hydrogen) atoms. The smallest absolute Gasteiger partial charge is 0.226 e. The van der Waals surface area contributed by atoms with E-state index in [9.17, 15) is 9.90 Å². The number of benzene rings is 1. The lowest BCUT2D eigenvalue weighted by molar-refractivity contribution is -0.148. The van der Waals surface area contributed by atoms with Crippen LogP contribution in [0.5, 0.6) is 5.75 Å². The van der Waals surface area contributed by atoms with Crippen molar-refractivity contribution in [3.8, 4) is 5.75 Å². The zero-order chi connectivity index (χ0) is 21.5. The van der Waals surface area contributed by atoms with Crippen LogP contribution in [0.15, 0.2) is 18.2 Å². The molecule has 0 aliphatic heterocycles. The number of rotatable bonds is 2. The molecule has 0 radical (unpaired) electrons. The SMILES string of the molecule is C[C@H]1[C@H](NC(=O)[C@@]2(C)CCC[C@]3(C)c4cc(O)ccc4CC[C@@H]23)C[C@H]2C[C@@H]1C2(C)C. The van der Waals surface area contributed by atoms with E-state index in [2.05, 4.69) is 46.0 Å². The van der Waals surface area contributed by atoms with Gasteiger partial charge in [-0.3, -0.25) is 4.79 Å². The molecule has 0 aromatic heterocycles. The summed E-state index contributed by atoms with van der Waals surface area (Å²) < 4.78 is 0. The second kappa shape index (κ2) is 6.50. The number of phenolic OH excluding ortho intramolecular Hbond substituents is 1. The van der Waals surface area contributed by atoms with Crippen molar-refractivity contribution in [3.05, 3.63) is 29.3 Å². The van der Waals surface area contributed by atoms with Crippen molar-refractivity contribution in [2.45, 2.75) is 91.0 Å². The van der Waals surface area contributed by atoms with Gasteiger partial charge in [0.25, 0.3) is 0 Å². The molecule has 1 aromatic rings. The summed E-state index contributed by atoms with van der Waals surface area (Å²) in [6.45, 7) is 11.8. The number of nitrogens with one attached hydrogen (secondary N) is 1. The maximum atomic E-state index is 13.8. The fourth-order valence-corrected chi connectivity index (χ4v) is 8.39. The minimum atomic E-state index is -0.326. The summed E-state index contributed by atoms with van der Waals surface area (Å²) in [4.78, 5) is 13.8. The van der Waals surface area contributed by atoms with E-state index in [1.54, 1.807) is 0 Å². The molecule has 3 nitrogen and oxygen atoms in total. The van der Waals surface area contributed by atoms with Crippen LogP contribution in [0.25, 0.3) is 0 Å². The Balaban J connectivity index is 1.40. The van der Waals surface area contributed by atoms with Crippen LogP contribution in [0.3, 0.4) is 0 Å². The molecule has 1 amide bonds. The van der Waals surface area contributed by atoms with Crippen molar-refractivity contribution in [3.63, 3.8) is 0 Å². The van der Waals surface area contributed by atoms with Gasteiger partial charge < -0.3 is 10.4 Å². The number of hydrogen-bond acceptors (Lipinski definition) is 2. The van der Waals surface area contributed by atoms with Crippen LogP contribution in [0.2, 0.25) is 0 Å². The molecule has 0 saturated heterocycles. The molecule has 2 N–H and O–H groups in total. The first-order valence-electron chi connectivity index (χ1n) is 12.2. The van der Waals surface area contributed by atoms with Crippen molar-refractivity contribution < 1.29 is 9.90 Å². The van der Waals surface area contributed by atoms with E-state index < -0.39 is 0 Å². The standard InChI is InChI=1S/C27H39NO2/c1-16-20-13-18(25(20,2)3)14-22(16)28-24(30)27(5)12-6-11-26(4)21-15-19(29)9-7-17(21)8-10-23(26)27/h7,9,15-16,18,20,22-23,29H,6,8,10-14H2,1-5H3,(H,28,30)/t16-,18-,20+,22-,23-,26-,27+/m1/s1. The third-order valence-corrected chi connectivity index (χ3v) is 10.5. The van der Waals surface area contributed by atoms with Gasteiger partial charge in [0.05, 0.1) is 5.41 Å². The average molecular weight is 410 g/mol. The van der Waals surface area contributed by atoms with E-state index in [-0.39, 0.29) is 16.7 Å². The minimum absolute atomic E-state index is 0.0288. The van der Waals surface area contributed by atoms with E-state index in [0.717, 1.165) is 50.4 Å². The molecule has 4 fully saturated rings. The number of hydrogen-bond donors (Lipinski definition) is 2. The van der Waals surface area contributed by atoms with Crippen LogP contribution in [-0.2, 0) is 16.6 Å². The van der Waals surface area contributed by atoms with Crippen molar-refractivity contribution in [2.24, 2.45) is 34.5 Å². The Bertz CT molecular complexity index is 876. The number of aryl methyl sites for hydroxylation is 1. The fourth-order valence-electron chi connectivity index (χ4n) is 8.39. The molecule has 6 rings (SSSR count). The van der Waals surface area contributed by atoms with E-state index in [4.69, 9.17) is 0 Å². The normalized spacial score (nSPS) is 43.7. The molecule has 2 bridgehead atoms. The minimum Gasteiger partial charge on any atom is -0.508 e. The predicted octanol–water partition coefficient (Wildman–Crippen LogP) is 5.59. The van der Waals surface area contributed by atoms with Crippen LogP contribution in [0, 0.1) is 34.5 Å². The van der Waals surface area contributed by atoms with E-state index in [0.29, 0.717) is 29.0 Å². The maximum absolute atomic E-state index is 13.8. The van der Waals surface area contributed by atoms with Gasteiger partial charge in [-0.1, -0.05) is 47.1 Å². The van der Waals surface area contributed by atoms with Crippen LogP contribution in [0.1, 0.15) is 84.3 Å². The second-order valence-electron chi connectivity index (χ2n) is 12.2. The molecule has 0 unspecified atom stereocenters. The topological polar surface area (TPSA) is 49.3 Å². The Hall–Kier alpha value is -1.51. The fraction of sp³-hybridized carbons (Fsp3) is 0.741. The lowest BCUT2D eigenvalue weighted by atomic mass is 9.44. The van der Waals surface area contributed by atoms with Crippen molar-refractivity contribution in [1.82, 2.24) is 5.32 Å². The van der Waals surface area contributed by atoms with Gasteiger partial charge in [-0.15, -0.1) is 0 Å².